The molecule has 0 N–H and O–H groups in total. The standard InChI is InChI=1S/C16H26N4O3/c1-16(2,3)23-15(22)20-10-6-12(7-11-20)19(5)14(21)13-8-9-18(4)17-13/h8-9,12H,6-7,10-11H2,1-5H3. The Kier molecular flexibility index (Phi) is 4.97. The zero-order chi connectivity index (χ0) is 17.2. The molecule has 2 heterocycles. The van der Waals surface area contributed by atoms with Gasteiger partial charge in [0.15, 0.2) is 0 Å². The first-order chi connectivity index (χ1) is 10.7. The molecule has 0 unspecified atom stereocenters. The van der Waals surface area contributed by atoms with Crippen molar-refractivity contribution in [2.24, 2.45) is 7.05 Å². The van der Waals surface area contributed by atoms with Crippen LogP contribution in [0.15, 0.2) is 12.3 Å². The van der Waals surface area contributed by atoms with Crippen LogP contribution in [-0.2, 0) is 11.8 Å². The number of ether oxygens (including phenoxy) is 1. The number of rotatable bonds is 2. The van der Waals surface area contributed by atoms with Gasteiger partial charge in [-0.25, -0.2) is 4.79 Å². The van der Waals surface area contributed by atoms with Gasteiger partial charge < -0.3 is 14.5 Å². The van der Waals surface area contributed by atoms with Crippen molar-refractivity contribution in [3.8, 4) is 0 Å². The predicted molar refractivity (Wildman–Crippen MR) is 86.1 cm³/mol. The van der Waals surface area contributed by atoms with E-state index in [4.69, 9.17) is 4.74 Å². The second kappa shape index (κ2) is 6.60. The molecule has 0 aromatic carbocycles. The van der Waals surface area contributed by atoms with Crippen molar-refractivity contribution in [2.45, 2.75) is 45.3 Å². The molecule has 1 aromatic rings. The van der Waals surface area contributed by atoms with E-state index in [0.717, 1.165) is 12.8 Å². The van der Waals surface area contributed by atoms with Crippen LogP contribution in [0.5, 0.6) is 0 Å². The van der Waals surface area contributed by atoms with E-state index >= 15 is 0 Å². The molecule has 1 aromatic heterocycles. The van der Waals surface area contributed by atoms with Gasteiger partial charge in [0, 0.05) is 39.4 Å². The molecule has 0 aliphatic carbocycles. The summed E-state index contributed by atoms with van der Waals surface area (Å²) in [5.74, 6) is -0.0821. The van der Waals surface area contributed by atoms with Gasteiger partial charge in [-0.05, 0) is 39.7 Å². The first-order valence-electron chi connectivity index (χ1n) is 7.92. The zero-order valence-electron chi connectivity index (χ0n) is 14.6. The number of likely N-dealkylation sites (tertiary alicyclic amines) is 1. The fraction of sp³-hybridized carbons (Fsp3) is 0.688. The summed E-state index contributed by atoms with van der Waals surface area (Å²) >= 11 is 0. The van der Waals surface area contributed by atoms with Crippen molar-refractivity contribution in [3.05, 3.63) is 18.0 Å². The summed E-state index contributed by atoms with van der Waals surface area (Å²) in [6.45, 7) is 6.77. The topological polar surface area (TPSA) is 67.7 Å². The molecule has 1 aliphatic heterocycles. The first kappa shape index (κ1) is 17.3. The van der Waals surface area contributed by atoms with E-state index in [2.05, 4.69) is 5.10 Å². The Morgan fingerprint density at radius 1 is 1.30 bits per heavy atom. The highest BCUT2D eigenvalue weighted by Gasteiger charge is 2.30. The van der Waals surface area contributed by atoms with Crippen molar-refractivity contribution in [2.75, 3.05) is 20.1 Å². The Labute approximate surface area is 137 Å². The number of carbonyl (C=O) groups excluding carboxylic acids is 2. The number of hydrogen-bond acceptors (Lipinski definition) is 4. The molecule has 1 saturated heterocycles. The van der Waals surface area contributed by atoms with Gasteiger partial charge in [-0.3, -0.25) is 9.48 Å². The number of piperidine rings is 1. The van der Waals surface area contributed by atoms with Gasteiger partial charge in [0.1, 0.15) is 11.3 Å². The van der Waals surface area contributed by atoms with Crippen LogP contribution in [0.1, 0.15) is 44.1 Å². The van der Waals surface area contributed by atoms with Crippen LogP contribution in [0.2, 0.25) is 0 Å². The minimum absolute atomic E-state index is 0.0821. The Balaban J connectivity index is 1.88. The molecule has 0 atom stereocenters. The molecule has 128 valence electrons. The van der Waals surface area contributed by atoms with E-state index in [-0.39, 0.29) is 18.0 Å². The van der Waals surface area contributed by atoms with Crippen LogP contribution >= 0.6 is 0 Å². The lowest BCUT2D eigenvalue weighted by atomic mass is 10.0. The van der Waals surface area contributed by atoms with E-state index in [1.807, 2.05) is 20.8 Å². The van der Waals surface area contributed by atoms with E-state index < -0.39 is 5.60 Å². The Hall–Kier alpha value is -2.05. The molecule has 0 bridgehead atoms. The van der Waals surface area contributed by atoms with Crippen molar-refractivity contribution in [1.29, 1.82) is 0 Å². The highest BCUT2D eigenvalue weighted by molar-refractivity contribution is 5.92. The number of nitrogens with zero attached hydrogens (tertiary/aromatic N) is 4. The zero-order valence-corrected chi connectivity index (χ0v) is 14.6. The van der Waals surface area contributed by atoms with Gasteiger partial charge in [-0.1, -0.05) is 0 Å². The molecule has 7 heteroatoms. The summed E-state index contributed by atoms with van der Waals surface area (Å²) in [5.41, 5.74) is -0.0378. The van der Waals surface area contributed by atoms with Gasteiger partial charge >= 0.3 is 6.09 Å². The maximum absolute atomic E-state index is 12.4. The predicted octanol–water partition coefficient (Wildman–Crippen LogP) is 1.89. The number of amides is 2. The van der Waals surface area contributed by atoms with Gasteiger partial charge in [-0.15, -0.1) is 0 Å². The Bertz CT molecular complexity index is 568. The molecular formula is C16H26N4O3. The minimum Gasteiger partial charge on any atom is -0.444 e. The van der Waals surface area contributed by atoms with Crippen LogP contribution in [-0.4, -0.2) is 63.4 Å². The fourth-order valence-electron chi connectivity index (χ4n) is 2.64. The van der Waals surface area contributed by atoms with Crippen molar-refractivity contribution in [3.63, 3.8) is 0 Å². The third-order valence-electron chi connectivity index (χ3n) is 3.92. The Morgan fingerprint density at radius 2 is 1.91 bits per heavy atom. The van der Waals surface area contributed by atoms with Crippen molar-refractivity contribution < 1.29 is 14.3 Å². The molecule has 0 spiro atoms. The Morgan fingerprint density at radius 3 is 2.39 bits per heavy atom. The summed E-state index contributed by atoms with van der Waals surface area (Å²) < 4.78 is 7.00. The van der Waals surface area contributed by atoms with Crippen LogP contribution in [0.4, 0.5) is 4.79 Å². The van der Waals surface area contributed by atoms with Crippen LogP contribution in [0.25, 0.3) is 0 Å². The highest BCUT2D eigenvalue weighted by atomic mass is 16.6. The second-order valence-electron chi connectivity index (χ2n) is 6.99. The van der Waals surface area contributed by atoms with Crippen LogP contribution < -0.4 is 0 Å². The normalized spacial score (nSPS) is 16.3. The SMILES string of the molecule is CN(C(=O)c1ccn(C)n1)C1CCN(C(=O)OC(C)(C)C)CC1. The lowest BCUT2D eigenvalue weighted by Gasteiger charge is -2.37. The molecule has 2 amide bonds. The van der Waals surface area contributed by atoms with E-state index in [0.29, 0.717) is 18.8 Å². The molecule has 2 rings (SSSR count). The van der Waals surface area contributed by atoms with Crippen LogP contribution in [0.3, 0.4) is 0 Å². The lowest BCUT2D eigenvalue weighted by Crippen LogP contribution is -2.48. The third-order valence-corrected chi connectivity index (χ3v) is 3.92. The van der Waals surface area contributed by atoms with E-state index in [9.17, 15) is 9.59 Å². The number of carbonyl (C=O) groups is 2. The largest absolute Gasteiger partial charge is 0.444 e. The van der Waals surface area contributed by atoms with Crippen molar-refractivity contribution in [1.82, 2.24) is 19.6 Å². The maximum Gasteiger partial charge on any atom is 0.410 e. The molecule has 7 nitrogen and oxygen atoms in total. The van der Waals surface area contributed by atoms with E-state index in [1.54, 1.807) is 40.8 Å². The molecular weight excluding hydrogens is 296 g/mol. The minimum atomic E-state index is -0.486. The maximum atomic E-state index is 12.4. The summed E-state index contributed by atoms with van der Waals surface area (Å²) in [7, 11) is 3.58. The fourth-order valence-corrected chi connectivity index (χ4v) is 2.64. The summed E-state index contributed by atoms with van der Waals surface area (Å²) in [6.07, 6.45) is 2.96. The highest BCUT2D eigenvalue weighted by Crippen LogP contribution is 2.19. The molecule has 23 heavy (non-hydrogen) atoms. The average Bonchev–Trinajstić information content (AvgIpc) is 2.90. The van der Waals surface area contributed by atoms with Gasteiger partial charge in [-0.2, -0.15) is 5.10 Å². The third kappa shape index (κ3) is 4.46. The summed E-state index contributed by atoms with van der Waals surface area (Å²) in [5, 5.41) is 4.15. The summed E-state index contributed by atoms with van der Waals surface area (Å²) in [6, 6.07) is 1.83. The van der Waals surface area contributed by atoms with Crippen molar-refractivity contribution >= 4 is 12.0 Å². The number of hydrogen-bond donors (Lipinski definition) is 0. The van der Waals surface area contributed by atoms with Gasteiger partial charge in [0.05, 0.1) is 0 Å². The number of aromatic nitrogens is 2. The first-order valence-corrected chi connectivity index (χ1v) is 7.92. The summed E-state index contributed by atoms with van der Waals surface area (Å²) in [4.78, 5) is 27.9. The monoisotopic (exact) mass is 322 g/mol. The molecule has 1 aliphatic rings. The lowest BCUT2D eigenvalue weighted by molar-refractivity contribution is 0.0159. The number of aryl methyl sites for hydroxylation is 1. The quantitative estimate of drug-likeness (QED) is 0.834. The van der Waals surface area contributed by atoms with Gasteiger partial charge in [0.25, 0.3) is 5.91 Å². The van der Waals surface area contributed by atoms with Gasteiger partial charge in [0.2, 0.25) is 0 Å². The second-order valence-corrected chi connectivity index (χ2v) is 6.99. The van der Waals surface area contributed by atoms with Crippen LogP contribution in [0, 0.1) is 0 Å². The van der Waals surface area contributed by atoms with E-state index in [1.165, 1.54) is 0 Å². The average molecular weight is 322 g/mol. The molecule has 0 saturated carbocycles. The smallest absolute Gasteiger partial charge is 0.410 e. The molecule has 0 radical (unpaired) electrons. The molecule has 1 fully saturated rings.